The van der Waals surface area contributed by atoms with E-state index in [9.17, 15) is 0 Å². The average Bonchev–Trinajstić information content (AvgIpc) is 2.64. The highest BCUT2D eigenvalue weighted by atomic mass is 15.3. The molecule has 2 nitrogen and oxygen atoms in total. The maximum absolute atomic E-state index is 2.69. The first-order chi connectivity index (χ1) is 6.63. The number of hydrogen-bond acceptors (Lipinski definition) is 2. The van der Waals surface area contributed by atoms with Gasteiger partial charge in [-0.1, -0.05) is 6.92 Å². The molecule has 0 aromatic carbocycles. The zero-order valence-electron chi connectivity index (χ0n) is 9.92. The van der Waals surface area contributed by atoms with Gasteiger partial charge in [-0.2, -0.15) is 0 Å². The molecular formula is C12H24N2. The molecule has 0 N–H and O–H groups in total. The van der Waals surface area contributed by atoms with E-state index in [2.05, 4.69) is 30.6 Å². The van der Waals surface area contributed by atoms with Gasteiger partial charge in [-0.3, -0.25) is 9.80 Å². The average molecular weight is 196 g/mol. The summed E-state index contributed by atoms with van der Waals surface area (Å²) >= 11 is 0. The van der Waals surface area contributed by atoms with Gasteiger partial charge in [0.15, 0.2) is 0 Å². The van der Waals surface area contributed by atoms with Gasteiger partial charge in [-0.05, 0) is 39.7 Å². The highest BCUT2D eigenvalue weighted by Crippen LogP contribution is 2.27. The van der Waals surface area contributed by atoms with Crippen LogP contribution in [0.2, 0.25) is 0 Å². The molecular weight excluding hydrogens is 172 g/mol. The number of nitrogens with zero attached hydrogens (tertiary/aromatic N) is 2. The second kappa shape index (κ2) is 3.82. The Bertz CT molecular complexity index is 200. The van der Waals surface area contributed by atoms with Crippen LogP contribution in [0.5, 0.6) is 0 Å². The summed E-state index contributed by atoms with van der Waals surface area (Å²) in [4.78, 5) is 5.38. The summed E-state index contributed by atoms with van der Waals surface area (Å²) < 4.78 is 0. The predicted octanol–water partition coefficient (Wildman–Crippen LogP) is 1.96. The Kier molecular flexibility index (Phi) is 2.85. The fraction of sp³-hybridized carbons (Fsp3) is 1.00. The van der Waals surface area contributed by atoms with E-state index >= 15 is 0 Å². The Balaban J connectivity index is 1.97. The van der Waals surface area contributed by atoms with E-state index in [0.717, 1.165) is 6.04 Å². The Morgan fingerprint density at radius 2 is 2.00 bits per heavy atom. The minimum Gasteiger partial charge on any atom is -0.298 e. The number of piperazine rings is 1. The molecule has 2 heterocycles. The second-order valence-electron chi connectivity index (χ2n) is 5.44. The first kappa shape index (κ1) is 10.4. The molecule has 0 amide bonds. The van der Waals surface area contributed by atoms with Crippen molar-refractivity contribution < 1.29 is 0 Å². The van der Waals surface area contributed by atoms with Crippen LogP contribution in [0, 0.1) is 0 Å². The van der Waals surface area contributed by atoms with Crippen molar-refractivity contribution in [2.24, 2.45) is 0 Å². The van der Waals surface area contributed by atoms with Crippen molar-refractivity contribution in [2.75, 3.05) is 26.2 Å². The lowest BCUT2D eigenvalue weighted by Crippen LogP contribution is -2.56. The second-order valence-corrected chi connectivity index (χ2v) is 5.44. The molecule has 2 fully saturated rings. The van der Waals surface area contributed by atoms with Gasteiger partial charge in [-0.15, -0.1) is 0 Å². The molecule has 0 spiro atoms. The van der Waals surface area contributed by atoms with Gasteiger partial charge in [-0.25, -0.2) is 0 Å². The fourth-order valence-electron chi connectivity index (χ4n) is 2.76. The summed E-state index contributed by atoms with van der Waals surface area (Å²) in [6, 6.07) is 0.870. The smallest absolute Gasteiger partial charge is 0.0224 e. The standard InChI is InChI=1S/C12H24N2/c1-4-12(2,3)14-9-8-13-7-5-6-11(13)10-14/h11H,4-10H2,1-3H3/t11-/m1/s1. The summed E-state index contributed by atoms with van der Waals surface area (Å²) in [6.07, 6.45) is 4.11. The van der Waals surface area contributed by atoms with Crippen molar-refractivity contribution in [3.05, 3.63) is 0 Å². The maximum Gasteiger partial charge on any atom is 0.0224 e. The molecule has 0 radical (unpaired) electrons. The lowest BCUT2D eigenvalue weighted by atomic mass is 9.97. The SMILES string of the molecule is CCC(C)(C)N1CCN2CCC[C@@H]2C1. The Morgan fingerprint density at radius 3 is 2.71 bits per heavy atom. The van der Waals surface area contributed by atoms with Crippen LogP contribution in [-0.4, -0.2) is 47.6 Å². The van der Waals surface area contributed by atoms with Crippen molar-refractivity contribution in [1.29, 1.82) is 0 Å². The molecule has 2 heteroatoms. The third-order valence-electron chi connectivity index (χ3n) is 4.31. The van der Waals surface area contributed by atoms with Crippen molar-refractivity contribution in [3.8, 4) is 0 Å². The number of hydrogen-bond donors (Lipinski definition) is 0. The zero-order valence-corrected chi connectivity index (χ0v) is 9.92. The fourth-order valence-corrected chi connectivity index (χ4v) is 2.76. The molecule has 0 aromatic heterocycles. The molecule has 0 unspecified atom stereocenters. The van der Waals surface area contributed by atoms with E-state index in [4.69, 9.17) is 0 Å². The van der Waals surface area contributed by atoms with Crippen LogP contribution < -0.4 is 0 Å². The van der Waals surface area contributed by atoms with Crippen molar-refractivity contribution in [1.82, 2.24) is 9.80 Å². The molecule has 2 aliphatic heterocycles. The number of rotatable bonds is 2. The molecule has 2 aliphatic rings. The summed E-state index contributed by atoms with van der Waals surface area (Å²) in [7, 11) is 0. The van der Waals surface area contributed by atoms with Crippen molar-refractivity contribution in [3.63, 3.8) is 0 Å². The summed E-state index contributed by atoms with van der Waals surface area (Å²) in [5.41, 5.74) is 0.411. The molecule has 2 rings (SSSR count). The molecule has 0 aromatic rings. The predicted molar refractivity (Wildman–Crippen MR) is 60.5 cm³/mol. The zero-order chi connectivity index (χ0) is 10.2. The quantitative estimate of drug-likeness (QED) is 0.666. The largest absolute Gasteiger partial charge is 0.298 e. The summed E-state index contributed by atoms with van der Waals surface area (Å²) in [5, 5.41) is 0. The third-order valence-corrected chi connectivity index (χ3v) is 4.31. The molecule has 14 heavy (non-hydrogen) atoms. The highest BCUT2D eigenvalue weighted by molar-refractivity contribution is 4.92. The van der Waals surface area contributed by atoms with Crippen molar-refractivity contribution >= 4 is 0 Å². The first-order valence-corrected chi connectivity index (χ1v) is 6.12. The van der Waals surface area contributed by atoms with Gasteiger partial charge < -0.3 is 0 Å². The van der Waals surface area contributed by atoms with Crippen LogP contribution in [0.4, 0.5) is 0 Å². The summed E-state index contributed by atoms with van der Waals surface area (Å²) in [6.45, 7) is 12.3. The monoisotopic (exact) mass is 196 g/mol. The Labute approximate surface area is 88.3 Å². The topological polar surface area (TPSA) is 6.48 Å². The van der Waals surface area contributed by atoms with Crippen molar-refractivity contribution in [2.45, 2.75) is 51.6 Å². The molecule has 0 saturated carbocycles. The van der Waals surface area contributed by atoms with Crippen LogP contribution in [0.3, 0.4) is 0 Å². The molecule has 0 aliphatic carbocycles. The minimum atomic E-state index is 0.411. The van der Waals surface area contributed by atoms with Crippen LogP contribution in [0.25, 0.3) is 0 Å². The van der Waals surface area contributed by atoms with E-state index in [1.54, 1.807) is 0 Å². The van der Waals surface area contributed by atoms with Gasteiger partial charge in [0.2, 0.25) is 0 Å². The molecule has 0 bridgehead atoms. The molecule has 1 atom stereocenters. The summed E-state index contributed by atoms with van der Waals surface area (Å²) in [5.74, 6) is 0. The van der Waals surface area contributed by atoms with Crippen LogP contribution >= 0.6 is 0 Å². The minimum absolute atomic E-state index is 0.411. The lowest BCUT2D eigenvalue weighted by Gasteiger charge is -2.45. The highest BCUT2D eigenvalue weighted by Gasteiger charge is 2.35. The Morgan fingerprint density at radius 1 is 1.21 bits per heavy atom. The molecule has 82 valence electrons. The van der Waals surface area contributed by atoms with E-state index < -0.39 is 0 Å². The normalized spacial score (nSPS) is 30.6. The maximum atomic E-state index is 2.69. The van der Waals surface area contributed by atoms with E-state index in [1.165, 1.54) is 45.4 Å². The third kappa shape index (κ3) is 1.82. The van der Waals surface area contributed by atoms with Gasteiger partial charge >= 0.3 is 0 Å². The van der Waals surface area contributed by atoms with Crippen LogP contribution in [0.1, 0.15) is 40.0 Å². The van der Waals surface area contributed by atoms with Crippen LogP contribution in [0.15, 0.2) is 0 Å². The Hall–Kier alpha value is -0.0800. The number of fused-ring (bicyclic) bond motifs is 1. The van der Waals surface area contributed by atoms with E-state index in [-0.39, 0.29) is 0 Å². The van der Waals surface area contributed by atoms with Crippen LogP contribution in [-0.2, 0) is 0 Å². The van der Waals surface area contributed by atoms with Gasteiger partial charge in [0, 0.05) is 31.2 Å². The molecule has 2 saturated heterocycles. The lowest BCUT2D eigenvalue weighted by molar-refractivity contribution is 0.0304. The van der Waals surface area contributed by atoms with Gasteiger partial charge in [0.25, 0.3) is 0 Å². The van der Waals surface area contributed by atoms with Gasteiger partial charge in [0.05, 0.1) is 0 Å². The van der Waals surface area contributed by atoms with Gasteiger partial charge in [0.1, 0.15) is 0 Å². The van der Waals surface area contributed by atoms with E-state index in [0.29, 0.717) is 5.54 Å². The van der Waals surface area contributed by atoms with E-state index in [1.807, 2.05) is 0 Å². The first-order valence-electron chi connectivity index (χ1n) is 6.12.